The average Bonchev–Trinajstić information content (AvgIpc) is 3.26. The maximum Gasteiger partial charge on any atom is 0.224 e. The van der Waals surface area contributed by atoms with Gasteiger partial charge in [0.15, 0.2) is 0 Å². The molecular formula is C27H27FN4O. The van der Waals surface area contributed by atoms with E-state index < -0.39 is 0 Å². The Hall–Kier alpha value is -3.54. The Balaban J connectivity index is 1.19. The minimum atomic E-state index is -0.217. The van der Waals surface area contributed by atoms with Crippen molar-refractivity contribution in [3.8, 4) is 0 Å². The Bertz CT molecular complexity index is 1250. The van der Waals surface area contributed by atoms with Crippen molar-refractivity contribution in [2.75, 3.05) is 13.1 Å². The van der Waals surface area contributed by atoms with Crippen LogP contribution in [0, 0.1) is 5.82 Å². The van der Waals surface area contributed by atoms with Gasteiger partial charge in [-0.05, 0) is 60.7 Å². The number of hydrogen-bond acceptors (Lipinski definition) is 3. The lowest BCUT2D eigenvalue weighted by Gasteiger charge is -2.32. The van der Waals surface area contributed by atoms with Crippen molar-refractivity contribution >= 4 is 16.9 Å². The maximum absolute atomic E-state index is 13.4. The summed E-state index contributed by atoms with van der Waals surface area (Å²) >= 11 is 0. The Morgan fingerprint density at radius 1 is 1.03 bits per heavy atom. The number of aryl methyl sites for hydroxylation is 1. The molecule has 4 aromatic rings. The number of piperidine rings is 1. The normalized spacial score (nSPS) is 16.3. The van der Waals surface area contributed by atoms with Crippen molar-refractivity contribution in [3.63, 3.8) is 0 Å². The zero-order valence-electron chi connectivity index (χ0n) is 18.5. The first-order valence-corrected chi connectivity index (χ1v) is 11.5. The number of likely N-dealkylation sites (tertiary alicyclic amines) is 1. The minimum absolute atomic E-state index is 0.181. The molecule has 0 spiro atoms. The van der Waals surface area contributed by atoms with Crippen LogP contribution in [0.15, 0.2) is 73.2 Å². The quantitative estimate of drug-likeness (QED) is 0.424. The number of nitrogens with zero attached hydrogens (tertiary/aromatic N) is 4. The summed E-state index contributed by atoms with van der Waals surface area (Å²) in [6.07, 6.45) is 6.83. The molecule has 168 valence electrons. The van der Waals surface area contributed by atoms with Crippen LogP contribution in [-0.2, 0) is 17.8 Å². The molecular weight excluding hydrogens is 415 g/mol. The van der Waals surface area contributed by atoms with E-state index in [4.69, 9.17) is 4.98 Å². The van der Waals surface area contributed by atoms with E-state index in [2.05, 4.69) is 17.1 Å². The van der Waals surface area contributed by atoms with Crippen LogP contribution in [0.3, 0.4) is 0 Å². The van der Waals surface area contributed by atoms with Gasteiger partial charge < -0.3 is 9.47 Å². The molecule has 0 unspecified atom stereocenters. The number of fused-ring (bicyclic) bond motifs is 1. The van der Waals surface area contributed by atoms with Crippen LogP contribution in [0.5, 0.6) is 0 Å². The predicted molar refractivity (Wildman–Crippen MR) is 126 cm³/mol. The molecule has 0 aliphatic carbocycles. The van der Waals surface area contributed by atoms with E-state index in [1.54, 1.807) is 12.1 Å². The molecule has 0 radical (unpaired) electrons. The summed E-state index contributed by atoms with van der Waals surface area (Å²) in [6, 6.07) is 18.8. The van der Waals surface area contributed by atoms with Gasteiger partial charge in [0.05, 0.1) is 17.4 Å². The van der Waals surface area contributed by atoms with Gasteiger partial charge in [-0.1, -0.05) is 30.3 Å². The number of carbonyl (C=O) groups excluding carboxylic acids is 1. The average molecular weight is 443 g/mol. The molecule has 3 heterocycles. The number of aromatic nitrogens is 3. The first-order chi connectivity index (χ1) is 16.2. The van der Waals surface area contributed by atoms with Crippen molar-refractivity contribution in [2.45, 2.75) is 38.1 Å². The zero-order valence-corrected chi connectivity index (χ0v) is 18.5. The van der Waals surface area contributed by atoms with Gasteiger partial charge in [0.25, 0.3) is 0 Å². The smallest absolute Gasteiger partial charge is 0.224 e. The topological polar surface area (TPSA) is 51.0 Å². The molecule has 6 heteroatoms. The fraction of sp³-hybridized carbons (Fsp3) is 0.296. The van der Waals surface area contributed by atoms with Gasteiger partial charge in [0.2, 0.25) is 5.91 Å². The van der Waals surface area contributed by atoms with E-state index in [1.807, 2.05) is 52.3 Å². The molecule has 1 amide bonds. The highest BCUT2D eigenvalue weighted by Gasteiger charge is 2.25. The summed E-state index contributed by atoms with van der Waals surface area (Å²) in [5.41, 5.74) is 5.03. The number of benzene rings is 2. The van der Waals surface area contributed by atoms with Crippen LogP contribution >= 0.6 is 0 Å². The third kappa shape index (κ3) is 4.95. The van der Waals surface area contributed by atoms with E-state index >= 15 is 0 Å². The van der Waals surface area contributed by atoms with Gasteiger partial charge in [-0.25, -0.2) is 9.37 Å². The van der Waals surface area contributed by atoms with Gasteiger partial charge in [0.1, 0.15) is 5.82 Å². The van der Waals surface area contributed by atoms with E-state index in [0.29, 0.717) is 25.9 Å². The molecule has 33 heavy (non-hydrogen) atoms. The summed E-state index contributed by atoms with van der Waals surface area (Å²) in [5, 5.41) is 0. The second kappa shape index (κ2) is 9.53. The van der Waals surface area contributed by atoms with Crippen LogP contribution < -0.4 is 0 Å². The van der Waals surface area contributed by atoms with Gasteiger partial charge in [0, 0.05) is 43.9 Å². The molecule has 0 saturated carbocycles. The van der Waals surface area contributed by atoms with Crippen molar-refractivity contribution in [1.29, 1.82) is 0 Å². The molecule has 5 rings (SSSR count). The van der Waals surface area contributed by atoms with E-state index in [0.717, 1.165) is 47.2 Å². The Labute approximate surface area is 192 Å². The van der Waals surface area contributed by atoms with Crippen LogP contribution in [-0.4, -0.2) is 38.4 Å². The molecule has 1 fully saturated rings. The second-order valence-electron chi connectivity index (χ2n) is 8.75. The SMILES string of the molecule is O=C(CCn1cnc2ccccc21)N1CCC[C@H](c2ccc(Cc3cccc(F)c3)cn2)C1. The maximum atomic E-state index is 13.4. The van der Waals surface area contributed by atoms with Gasteiger partial charge in [-0.15, -0.1) is 0 Å². The molecule has 1 aliphatic rings. The van der Waals surface area contributed by atoms with Crippen LogP contribution in [0.25, 0.3) is 11.0 Å². The number of hydrogen-bond donors (Lipinski definition) is 0. The molecule has 1 aliphatic heterocycles. The monoisotopic (exact) mass is 442 g/mol. The third-order valence-electron chi connectivity index (χ3n) is 6.43. The van der Waals surface area contributed by atoms with Crippen molar-refractivity contribution in [1.82, 2.24) is 19.4 Å². The molecule has 5 nitrogen and oxygen atoms in total. The largest absolute Gasteiger partial charge is 0.342 e. The lowest BCUT2D eigenvalue weighted by molar-refractivity contribution is -0.132. The number of amides is 1. The molecule has 0 N–H and O–H groups in total. The molecule has 1 atom stereocenters. The molecule has 1 saturated heterocycles. The van der Waals surface area contributed by atoms with E-state index in [-0.39, 0.29) is 17.6 Å². The van der Waals surface area contributed by atoms with Gasteiger partial charge in [-0.3, -0.25) is 9.78 Å². The molecule has 0 bridgehead atoms. The Morgan fingerprint density at radius 2 is 1.94 bits per heavy atom. The van der Waals surface area contributed by atoms with Crippen LogP contribution in [0.2, 0.25) is 0 Å². The fourth-order valence-electron chi connectivity index (χ4n) is 4.67. The number of halogens is 1. The lowest BCUT2D eigenvalue weighted by Crippen LogP contribution is -2.39. The fourth-order valence-corrected chi connectivity index (χ4v) is 4.67. The number of pyridine rings is 1. The third-order valence-corrected chi connectivity index (χ3v) is 6.43. The number of rotatable bonds is 6. The van der Waals surface area contributed by atoms with Crippen LogP contribution in [0.1, 0.15) is 42.0 Å². The van der Waals surface area contributed by atoms with Crippen molar-refractivity contribution < 1.29 is 9.18 Å². The lowest BCUT2D eigenvalue weighted by atomic mass is 9.93. The summed E-state index contributed by atoms with van der Waals surface area (Å²) in [4.78, 5) is 24.0. The summed E-state index contributed by atoms with van der Waals surface area (Å²) in [7, 11) is 0. The standard InChI is InChI=1S/C27H27FN4O/c28-23-7-3-5-20(16-23)15-21-10-11-24(29-17-21)22-6-4-13-31(18-22)27(33)12-14-32-19-30-25-8-1-2-9-26(25)32/h1-3,5,7-11,16-17,19,22H,4,6,12-15,18H2/t22-/m0/s1. The van der Waals surface area contributed by atoms with Crippen LogP contribution in [0.4, 0.5) is 4.39 Å². The predicted octanol–water partition coefficient (Wildman–Crippen LogP) is 4.96. The summed E-state index contributed by atoms with van der Waals surface area (Å²) in [6.45, 7) is 2.14. The number of carbonyl (C=O) groups is 1. The van der Waals surface area contributed by atoms with Crippen molar-refractivity contribution in [2.24, 2.45) is 0 Å². The summed E-state index contributed by atoms with van der Waals surface area (Å²) in [5.74, 6) is 0.213. The highest BCUT2D eigenvalue weighted by atomic mass is 19.1. The highest BCUT2D eigenvalue weighted by Crippen LogP contribution is 2.26. The van der Waals surface area contributed by atoms with E-state index in [9.17, 15) is 9.18 Å². The molecule has 2 aromatic carbocycles. The zero-order chi connectivity index (χ0) is 22.6. The molecule has 2 aromatic heterocycles. The highest BCUT2D eigenvalue weighted by molar-refractivity contribution is 5.77. The van der Waals surface area contributed by atoms with Gasteiger partial charge >= 0.3 is 0 Å². The minimum Gasteiger partial charge on any atom is -0.342 e. The first-order valence-electron chi connectivity index (χ1n) is 11.5. The Morgan fingerprint density at radius 3 is 2.79 bits per heavy atom. The van der Waals surface area contributed by atoms with Crippen molar-refractivity contribution in [3.05, 3.63) is 95.8 Å². The van der Waals surface area contributed by atoms with Gasteiger partial charge in [-0.2, -0.15) is 0 Å². The number of para-hydroxylation sites is 2. The number of imidazole rings is 1. The second-order valence-corrected chi connectivity index (χ2v) is 8.75. The Kier molecular flexibility index (Phi) is 6.15. The first kappa shape index (κ1) is 21.3. The van der Waals surface area contributed by atoms with E-state index in [1.165, 1.54) is 6.07 Å². The summed E-state index contributed by atoms with van der Waals surface area (Å²) < 4.78 is 15.5.